The highest BCUT2D eigenvalue weighted by Crippen LogP contribution is 2.42. The maximum Gasteiger partial charge on any atom is 0.223 e. The summed E-state index contributed by atoms with van der Waals surface area (Å²) >= 11 is 1.77. The van der Waals surface area contributed by atoms with Crippen LogP contribution in [0.3, 0.4) is 0 Å². The van der Waals surface area contributed by atoms with Gasteiger partial charge in [-0.05, 0) is 25.7 Å². The average molecular weight is 264 g/mol. The lowest BCUT2D eigenvalue weighted by Gasteiger charge is -2.14. The van der Waals surface area contributed by atoms with Crippen LogP contribution < -0.4 is 5.32 Å². The van der Waals surface area contributed by atoms with Crippen LogP contribution in [-0.4, -0.2) is 15.1 Å². The van der Waals surface area contributed by atoms with Gasteiger partial charge in [0.25, 0.3) is 0 Å². The third-order valence-electron chi connectivity index (χ3n) is 3.05. The van der Waals surface area contributed by atoms with Gasteiger partial charge in [-0.2, -0.15) is 4.98 Å². The Morgan fingerprint density at radius 1 is 1.50 bits per heavy atom. The van der Waals surface area contributed by atoms with Crippen molar-refractivity contribution in [2.45, 2.75) is 39.3 Å². The van der Waals surface area contributed by atoms with E-state index in [0.29, 0.717) is 30.2 Å². The zero-order valence-corrected chi connectivity index (χ0v) is 11.3. The van der Waals surface area contributed by atoms with Crippen molar-refractivity contribution in [3.05, 3.63) is 27.8 Å². The highest BCUT2D eigenvalue weighted by atomic mass is 32.1. The molecule has 0 saturated heterocycles. The van der Waals surface area contributed by atoms with E-state index < -0.39 is 0 Å². The molecule has 0 aromatic carbocycles. The molecule has 1 saturated carbocycles. The minimum absolute atomic E-state index is 0.336. The fourth-order valence-corrected chi connectivity index (χ4v) is 2.96. The summed E-state index contributed by atoms with van der Waals surface area (Å²) in [7, 11) is 0. The molecule has 0 bridgehead atoms. The highest BCUT2D eigenvalue weighted by Gasteiger charge is 2.33. The molecule has 18 heavy (non-hydrogen) atoms. The lowest BCUT2D eigenvalue weighted by Crippen LogP contribution is -2.23. The van der Waals surface area contributed by atoms with Crippen molar-refractivity contribution in [2.24, 2.45) is 5.92 Å². The summed E-state index contributed by atoms with van der Waals surface area (Å²) in [6, 6.07) is 0.336. The lowest BCUT2D eigenvalue weighted by molar-refractivity contribution is 0.381. The van der Waals surface area contributed by atoms with E-state index >= 15 is 0 Å². The van der Waals surface area contributed by atoms with Gasteiger partial charge in [0.2, 0.25) is 5.89 Å². The summed E-state index contributed by atoms with van der Waals surface area (Å²) in [5.41, 5.74) is 0. The number of thiazole rings is 1. The minimum Gasteiger partial charge on any atom is -0.340 e. The normalized spacial score (nSPS) is 17.0. The fraction of sp³-hybridized carbons (Fsp3) is 0.583. The number of aryl methyl sites for hydroxylation is 2. The van der Waals surface area contributed by atoms with Crippen LogP contribution in [-0.2, 0) is 6.54 Å². The smallest absolute Gasteiger partial charge is 0.223 e. The Hall–Kier alpha value is -1.27. The molecule has 0 aliphatic heterocycles. The van der Waals surface area contributed by atoms with Gasteiger partial charge in [0.1, 0.15) is 5.01 Å². The van der Waals surface area contributed by atoms with Gasteiger partial charge in [-0.3, -0.25) is 0 Å². The van der Waals surface area contributed by atoms with Gasteiger partial charge in [0.15, 0.2) is 5.82 Å². The van der Waals surface area contributed by atoms with E-state index in [1.807, 2.05) is 6.20 Å². The summed E-state index contributed by atoms with van der Waals surface area (Å²) in [5, 5.41) is 8.58. The van der Waals surface area contributed by atoms with E-state index in [-0.39, 0.29) is 0 Å². The summed E-state index contributed by atoms with van der Waals surface area (Å²) in [6.45, 7) is 4.53. The molecule has 1 aliphatic rings. The molecule has 0 radical (unpaired) electrons. The van der Waals surface area contributed by atoms with Gasteiger partial charge >= 0.3 is 0 Å². The molecule has 2 heterocycles. The Labute approximate surface area is 110 Å². The first-order valence-electron chi connectivity index (χ1n) is 6.17. The van der Waals surface area contributed by atoms with Crippen LogP contribution in [0.25, 0.3) is 0 Å². The fourth-order valence-electron chi connectivity index (χ4n) is 2.02. The predicted molar refractivity (Wildman–Crippen MR) is 68.2 cm³/mol. The Balaban J connectivity index is 1.67. The molecular formula is C12H16N4OS. The van der Waals surface area contributed by atoms with Crippen molar-refractivity contribution in [1.82, 2.24) is 20.4 Å². The van der Waals surface area contributed by atoms with E-state index in [0.717, 1.165) is 0 Å². The maximum absolute atomic E-state index is 4.97. The molecule has 2 aromatic heterocycles. The maximum atomic E-state index is 4.97. The van der Waals surface area contributed by atoms with Crippen molar-refractivity contribution >= 4 is 11.3 Å². The number of nitrogens with one attached hydrogen (secondary N) is 1. The Kier molecular flexibility index (Phi) is 3.13. The molecule has 1 N–H and O–H groups in total. The molecular weight excluding hydrogens is 248 g/mol. The second kappa shape index (κ2) is 4.78. The molecule has 2 aromatic rings. The lowest BCUT2D eigenvalue weighted by atomic mass is 10.2. The first-order chi connectivity index (χ1) is 8.72. The number of hydrogen-bond donors (Lipinski definition) is 1. The molecule has 0 unspecified atom stereocenters. The van der Waals surface area contributed by atoms with Gasteiger partial charge < -0.3 is 9.84 Å². The zero-order valence-electron chi connectivity index (χ0n) is 10.5. The van der Waals surface area contributed by atoms with Crippen LogP contribution in [0.2, 0.25) is 0 Å². The molecule has 0 amide bonds. The number of rotatable bonds is 5. The van der Waals surface area contributed by atoms with Crippen molar-refractivity contribution in [2.75, 3.05) is 0 Å². The minimum atomic E-state index is 0.336. The summed E-state index contributed by atoms with van der Waals surface area (Å²) < 4.78 is 4.97. The van der Waals surface area contributed by atoms with Crippen LogP contribution in [0.5, 0.6) is 0 Å². The van der Waals surface area contributed by atoms with Gasteiger partial charge in [-0.15, -0.1) is 11.3 Å². The molecule has 96 valence electrons. The van der Waals surface area contributed by atoms with Crippen molar-refractivity contribution in [3.63, 3.8) is 0 Å². The Morgan fingerprint density at radius 2 is 2.33 bits per heavy atom. The van der Waals surface area contributed by atoms with E-state index in [9.17, 15) is 0 Å². The summed E-state index contributed by atoms with van der Waals surface area (Å²) in [6.07, 6.45) is 4.50. The van der Waals surface area contributed by atoms with Gasteiger partial charge in [-0.1, -0.05) is 5.16 Å². The number of nitrogens with zero attached hydrogens (tertiary/aromatic N) is 3. The van der Waals surface area contributed by atoms with Crippen LogP contribution >= 0.6 is 11.3 Å². The average Bonchev–Trinajstić information content (AvgIpc) is 2.96. The topological polar surface area (TPSA) is 63.8 Å². The monoisotopic (exact) mass is 264 g/mol. The van der Waals surface area contributed by atoms with Crippen molar-refractivity contribution < 1.29 is 4.52 Å². The van der Waals surface area contributed by atoms with E-state index in [4.69, 9.17) is 4.52 Å². The second-order valence-electron chi connectivity index (χ2n) is 4.73. The predicted octanol–water partition coefficient (Wildman–Crippen LogP) is 2.38. The largest absolute Gasteiger partial charge is 0.340 e. The van der Waals surface area contributed by atoms with Gasteiger partial charge in [0.05, 0.1) is 12.6 Å². The molecule has 5 nitrogen and oxygen atoms in total. The quantitative estimate of drug-likeness (QED) is 0.898. The van der Waals surface area contributed by atoms with Crippen LogP contribution in [0.1, 0.15) is 40.5 Å². The van der Waals surface area contributed by atoms with Gasteiger partial charge in [-0.25, -0.2) is 4.98 Å². The van der Waals surface area contributed by atoms with E-state index in [1.54, 1.807) is 18.3 Å². The first kappa shape index (κ1) is 11.8. The zero-order chi connectivity index (χ0) is 12.5. The van der Waals surface area contributed by atoms with Gasteiger partial charge in [0, 0.05) is 18.0 Å². The van der Waals surface area contributed by atoms with Crippen molar-refractivity contribution in [1.29, 1.82) is 0 Å². The van der Waals surface area contributed by atoms with Crippen LogP contribution in [0, 0.1) is 19.8 Å². The molecule has 1 fully saturated rings. The van der Waals surface area contributed by atoms with E-state index in [2.05, 4.69) is 27.4 Å². The molecule has 0 spiro atoms. The van der Waals surface area contributed by atoms with Crippen LogP contribution in [0.4, 0.5) is 0 Å². The highest BCUT2D eigenvalue weighted by molar-refractivity contribution is 7.11. The van der Waals surface area contributed by atoms with Crippen molar-refractivity contribution in [3.8, 4) is 0 Å². The molecule has 3 rings (SSSR count). The molecule has 1 atom stereocenters. The summed E-state index contributed by atoms with van der Waals surface area (Å²) in [5.74, 6) is 2.04. The first-order valence-corrected chi connectivity index (χ1v) is 6.99. The number of aromatic nitrogens is 3. The molecule has 1 aliphatic carbocycles. The third kappa shape index (κ3) is 2.59. The Morgan fingerprint density at radius 3 is 2.89 bits per heavy atom. The van der Waals surface area contributed by atoms with E-state index in [1.165, 1.54) is 22.7 Å². The molecule has 6 heteroatoms. The number of hydrogen-bond acceptors (Lipinski definition) is 6. The Bertz CT molecular complexity index is 532. The standard InChI is InChI=1S/C12H16N4OS/c1-7-5-14-12(18-7)11(9-3-4-9)13-6-10-15-8(2)17-16-10/h5,9,11,13H,3-4,6H2,1-2H3/t11-/m1/s1. The van der Waals surface area contributed by atoms with Crippen LogP contribution in [0.15, 0.2) is 10.7 Å². The summed E-state index contributed by atoms with van der Waals surface area (Å²) in [4.78, 5) is 9.95. The SMILES string of the molecule is Cc1nc(CN[C@@H](c2ncc(C)s2)C2CC2)no1. The second-order valence-corrected chi connectivity index (χ2v) is 6.00. The third-order valence-corrected chi connectivity index (χ3v) is 4.04.